The number of likely N-dealkylation sites (N-methyl/N-ethyl adjacent to an activating group) is 1. The van der Waals surface area contributed by atoms with Crippen LogP contribution in [0.3, 0.4) is 0 Å². The van der Waals surface area contributed by atoms with Crippen molar-refractivity contribution in [3.8, 4) is 22.6 Å². The van der Waals surface area contributed by atoms with E-state index in [0.717, 1.165) is 54.7 Å². The third-order valence-electron chi connectivity index (χ3n) is 7.44. The lowest BCUT2D eigenvalue weighted by Gasteiger charge is -2.36. The number of hydrogen-bond donors (Lipinski definition) is 0. The highest BCUT2D eigenvalue weighted by Gasteiger charge is 2.33. The van der Waals surface area contributed by atoms with Gasteiger partial charge in [-0.1, -0.05) is 0 Å². The molecular weight excluding hydrogens is 475 g/mol. The second kappa shape index (κ2) is 10.5. The average Bonchev–Trinajstić information content (AvgIpc) is 3.39. The molecule has 0 bridgehead atoms. The number of anilines is 1. The minimum Gasteiger partial charge on any atom is -0.456 e. The highest BCUT2D eigenvalue weighted by Crippen LogP contribution is 2.45. The molecule has 5 rings (SSSR count). The number of fused-ring (bicyclic) bond motifs is 1. The minimum absolute atomic E-state index is 0.0115. The smallest absolute Gasteiger partial charge is 0.414 e. The standard InChI is InChI=1S/C28H33FN4O4/c1-18-5-10-23-24(33(18)28(34)36-4)12-11-22(27(23)37-21-8-6-20(29)7-9-21)19-15-30-32(16-19)25-13-14-31(2)17-26(25)35-3/h6-9,11-12,15-16,18,25-26H,5,10,13-14,17H2,1-4H3/t18-,25?,26?/m0/s1. The van der Waals surface area contributed by atoms with Crippen LogP contribution >= 0.6 is 0 Å². The number of hydrogen-bond acceptors (Lipinski definition) is 6. The number of rotatable bonds is 5. The fourth-order valence-corrected chi connectivity index (χ4v) is 5.40. The summed E-state index contributed by atoms with van der Waals surface area (Å²) in [6.45, 7) is 3.82. The molecule has 0 N–H and O–H groups in total. The number of piperidine rings is 1. The summed E-state index contributed by atoms with van der Waals surface area (Å²) in [6, 6.07) is 9.97. The third-order valence-corrected chi connectivity index (χ3v) is 7.44. The Hall–Kier alpha value is -3.43. The third kappa shape index (κ3) is 4.93. The van der Waals surface area contributed by atoms with Crippen molar-refractivity contribution in [2.45, 2.75) is 44.4 Å². The molecule has 2 aromatic carbocycles. The highest BCUT2D eigenvalue weighted by atomic mass is 19.1. The fourth-order valence-electron chi connectivity index (χ4n) is 5.40. The van der Waals surface area contributed by atoms with E-state index < -0.39 is 6.09 Å². The molecule has 2 aliphatic rings. The number of halogens is 1. The van der Waals surface area contributed by atoms with Gasteiger partial charge in [0, 0.05) is 49.1 Å². The number of aromatic nitrogens is 2. The Bertz CT molecular complexity index is 1260. The van der Waals surface area contributed by atoms with Gasteiger partial charge in [0.1, 0.15) is 17.3 Å². The molecule has 2 unspecified atom stereocenters. The monoisotopic (exact) mass is 508 g/mol. The maximum absolute atomic E-state index is 13.6. The molecule has 3 atom stereocenters. The maximum Gasteiger partial charge on any atom is 0.414 e. The Morgan fingerprint density at radius 1 is 1.11 bits per heavy atom. The van der Waals surface area contributed by atoms with Crippen LogP contribution in [-0.2, 0) is 15.9 Å². The van der Waals surface area contributed by atoms with E-state index in [2.05, 4.69) is 11.9 Å². The van der Waals surface area contributed by atoms with Crippen LogP contribution in [-0.4, -0.2) is 67.3 Å². The second-order valence-corrected chi connectivity index (χ2v) is 9.83. The molecular formula is C28H33FN4O4. The van der Waals surface area contributed by atoms with Crippen molar-refractivity contribution in [2.24, 2.45) is 0 Å². The summed E-state index contributed by atoms with van der Waals surface area (Å²) in [5, 5.41) is 4.71. The van der Waals surface area contributed by atoms with Gasteiger partial charge in [0.25, 0.3) is 0 Å². The Balaban J connectivity index is 1.58. The van der Waals surface area contributed by atoms with Gasteiger partial charge in [-0.3, -0.25) is 9.58 Å². The van der Waals surface area contributed by atoms with Crippen LogP contribution in [0.4, 0.5) is 14.9 Å². The number of ether oxygens (including phenoxy) is 3. The lowest BCUT2D eigenvalue weighted by atomic mass is 9.92. The van der Waals surface area contributed by atoms with Crippen molar-refractivity contribution in [3.05, 3.63) is 60.2 Å². The molecule has 0 aliphatic carbocycles. The largest absolute Gasteiger partial charge is 0.456 e. The van der Waals surface area contributed by atoms with Crippen molar-refractivity contribution in [2.75, 3.05) is 39.3 Å². The maximum atomic E-state index is 13.6. The summed E-state index contributed by atoms with van der Waals surface area (Å²) in [4.78, 5) is 16.6. The number of methoxy groups -OCH3 is 2. The normalized spacial score (nSPS) is 22.0. The number of carbonyl (C=O) groups excluding carboxylic acids is 1. The van der Waals surface area contributed by atoms with Gasteiger partial charge in [-0.05, 0) is 69.6 Å². The van der Waals surface area contributed by atoms with Gasteiger partial charge in [0.2, 0.25) is 0 Å². The van der Waals surface area contributed by atoms with Gasteiger partial charge in [-0.15, -0.1) is 0 Å². The molecule has 196 valence electrons. The summed E-state index contributed by atoms with van der Waals surface area (Å²) in [6.07, 6.45) is 5.93. The second-order valence-electron chi connectivity index (χ2n) is 9.83. The van der Waals surface area contributed by atoms with Gasteiger partial charge >= 0.3 is 6.09 Å². The molecule has 9 heteroatoms. The SMILES string of the molecule is COC(=O)N1c2ccc(-c3cnn(C4CCN(C)CC4OC)c3)c(Oc3ccc(F)cc3)c2CC[C@@H]1C. The molecule has 1 fully saturated rings. The van der Waals surface area contributed by atoms with Crippen LogP contribution in [0.2, 0.25) is 0 Å². The molecule has 0 spiro atoms. The van der Waals surface area contributed by atoms with Crippen molar-refractivity contribution < 1.29 is 23.4 Å². The van der Waals surface area contributed by atoms with Crippen LogP contribution in [0.5, 0.6) is 11.5 Å². The Labute approximate surface area is 216 Å². The van der Waals surface area contributed by atoms with Gasteiger partial charge in [0.05, 0.1) is 31.1 Å². The fraction of sp³-hybridized carbons (Fsp3) is 0.429. The van der Waals surface area contributed by atoms with E-state index in [1.54, 1.807) is 24.1 Å². The molecule has 0 saturated carbocycles. The average molecular weight is 509 g/mol. The number of amides is 1. The summed E-state index contributed by atoms with van der Waals surface area (Å²) in [5.41, 5.74) is 3.42. The Morgan fingerprint density at radius 2 is 1.89 bits per heavy atom. The topological polar surface area (TPSA) is 69.1 Å². The van der Waals surface area contributed by atoms with E-state index in [4.69, 9.17) is 19.3 Å². The van der Waals surface area contributed by atoms with E-state index in [1.807, 2.05) is 36.1 Å². The molecule has 8 nitrogen and oxygen atoms in total. The Morgan fingerprint density at radius 3 is 2.62 bits per heavy atom. The van der Waals surface area contributed by atoms with Gasteiger partial charge in [0.15, 0.2) is 0 Å². The van der Waals surface area contributed by atoms with Gasteiger partial charge in [-0.25, -0.2) is 9.18 Å². The molecule has 1 aromatic heterocycles. The number of carbonyl (C=O) groups is 1. The first-order valence-corrected chi connectivity index (χ1v) is 12.6. The summed E-state index contributed by atoms with van der Waals surface area (Å²) in [5.74, 6) is 0.818. The first-order valence-electron chi connectivity index (χ1n) is 12.6. The van der Waals surface area contributed by atoms with Gasteiger partial charge < -0.3 is 19.1 Å². The van der Waals surface area contributed by atoms with Crippen LogP contribution in [0.25, 0.3) is 11.1 Å². The molecule has 3 aromatic rings. The predicted octanol–water partition coefficient (Wildman–Crippen LogP) is 5.28. The van der Waals surface area contributed by atoms with Crippen LogP contribution in [0.1, 0.15) is 31.4 Å². The molecule has 2 aliphatic heterocycles. The predicted molar refractivity (Wildman–Crippen MR) is 139 cm³/mol. The zero-order valence-electron chi connectivity index (χ0n) is 21.7. The lowest BCUT2D eigenvalue weighted by molar-refractivity contribution is -0.00195. The number of nitrogens with zero attached hydrogens (tertiary/aromatic N) is 4. The zero-order valence-corrected chi connectivity index (χ0v) is 21.7. The van der Waals surface area contributed by atoms with Crippen molar-refractivity contribution in [1.82, 2.24) is 14.7 Å². The molecule has 1 saturated heterocycles. The van der Waals surface area contributed by atoms with E-state index in [9.17, 15) is 9.18 Å². The van der Waals surface area contributed by atoms with E-state index in [0.29, 0.717) is 11.5 Å². The van der Waals surface area contributed by atoms with Crippen LogP contribution in [0.15, 0.2) is 48.8 Å². The van der Waals surface area contributed by atoms with Crippen molar-refractivity contribution >= 4 is 11.8 Å². The van der Waals surface area contributed by atoms with E-state index in [-0.39, 0.29) is 24.0 Å². The number of benzene rings is 2. The molecule has 1 amide bonds. The minimum atomic E-state index is -0.408. The molecule has 0 radical (unpaired) electrons. The lowest BCUT2D eigenvalue weighted by Crippen LogP contribution is -2.43. The van der Waals surface area contributed by atoms with E-state index >= 15 is 0 Å². The molecule has 37 heavy (non-hydrogen) atoms. The Kier molecular flexibility index (Phi) is 7.17. The summed E-state index contributed by atoms with van der Waals surface area (Å²) >= 11 is 0. The van der Waals surface area contributed by atoms with Crippen LogP contribution in [0, 0.1) is 5.82 Å². The first-order chi connectivity index (χ1) is 17.9. The van der Waals surface area contributed by atoms with Gasteiger partial charge in [-0.2, -0.15) is 5.10 Å². The van der Waals surface area contributed by atoms with Crippen LogP contribution < -0.4 is 9.64 Å². The summed E-state index contributed by atoms with van der Waals surface area (Å²) < 4.78 is 32.8. The zero-order chi connectivity index (χ0) is 26.1. The van der Waals surface area contributed by atoms with Crippen molar-refractivity contribution in [1.29, 1.82) is 0 Å². The quantitative estimate of drug-likeness (QED) is 0.467. The van der Waals surface area contributed by atoms with E-state index in [1.165, 1.54) is 19.2 Å². The molecule has 3 heterocycles. The summed E-state index contributed by atoms with van der Waals surface area (Å²) in [7, 11) is 5.23. The highest BCUT2D eigenvalue weighted by molar-refractivity contribution is 5.92. The first kappa shape index (κ1) is 25.2. The number of likely N-dealkylation sites (tertiary alicyclic amines) is 1. The van der Waals surface area contributed by atoms with Crippen molar-refractivity contribution in [3.63, 3.8) is 0 Å².